The van der Waals surface area contributed by atoms with Crippen molar-refractivity contribution in [3.05, 3.63) is 17.5 Å². The van der Waals surface area contributed by atoms with Gasteiger partial charge < -0.3 is 5.32 Å². The van der Waals surface area contributed by atoms with Crippen molar-refractivity contribution in [2.75, 3.05) is 6.54 Å². The van der Waals surface area contributed by atoms with Crippen LogP contribution >= 0.6 is 0 Å². The van der Waals surface area contributed by atoms with Crippen LogP contribution in [-0.2, 0) is 11.3 Å². The lowest BCUT2D eigenvalue weighted by atomic mass is 10.3. The number of alkyl halides is 2. The molecule has 0 spiro atoms. The van der Waals surface area contributed by atoms with Crippen molar-refractivity contribution in [3.63, 3.8) is 0 Å². The lowest BCUT2D eigenvalue weighted by molar-refractivity contribution is -0.121. The van der Waals surface area contributed by atoms with Gasteiger partial charge in [-0.2, -0.15) is 5.10 Å². The zero-order chi connectivity index (χ0) is 12.8. The van der Waals surface area contributed by atoms with E-state index in [1.807, 2.05) is 6.92 Å². The van der Waals surface area contributed by atoms with Gasteiger partial charge in [-0.25, -0.2) is 8.78 Å². The Kier molecular flexibility index (Phi) is 5.06. The Balaban J connectivity index is 2.53. The van der Waals surface area contributed by atoms with Gasteiger partial charge in [0.15, 0.2) is 0 Å². The molecule has 0 saturated carbocycles. The molecule has 1 N–H and O–H groups in total. The Labute approximate surface area is 99.0 Å². The van der Waals surface area contributed by atoms with Gasteiger partial charge in [-0.15, -0.1) is 0 Å². The van der Waals surface area contributed by atoms with E-state index >= 15 is 0 Å². The van der Waals surface area contributed by atoms with Gasteiger partial charge in [0.25, 0.3) is 6.43 Å². The van der Waals surface area contributed by atoms with E-state index in [1.165, 1.54) is 10.7 Å². The largest absolute Gasteiger partial charge is 0.354 e. The summed E-state index contributed by atoms with van der Waals surface area (Å²) in [5.41, 5.74) is 0.273. The lowest BCUT2D eigenvalue weighted by Crippen LogP contribution is -2.29. The van der Waals surface area contributed by atoms with E-state index in [9.17, 15) is 13.6 Å². The van der Waals surface area contributed by atoms with E-state index in [0.29, 0.717) is 12.2 Å². The number of nitrogens with one attached hydrogen (secondary N) is 1. The van der Waals surface area contributed by atoms with Crippen molar-refractivity contribution in [3.8, 4) is 0 Å². The van der Waals surface area contributed by atoms with Crippen molar-refractivity contribution in [1.29, 1.82) is 0 Å². The van der Waals surface area contributed by atoms with Gasteiger partial charge in [-0.05, 0) is 19.4 Å². The Morgan fingerprint density at radius 1 is 1.59 bits per heavy atom. The number of rotatable bonds is 6. The molecule has 1 rings (SSSR count). The summed E-state index contributed by atoms with van der Waals surface area (Å²) in [5, 5.41) is 6.39. The van der Waals surface area contributed by atoms with Gasteiger partial charge in [0.1, 0.15) is 12.2 Å². The second-order valence-electron chi connectivity index (χ2n) is 3.87. The molecule has 96 valence electrons. The average molecular weight is 245 g/mol. The third-order valence-electron chi connectivity index (χ3n) is 2.37. The van der Waals surface area contributed by atoms with Gasteiger partial charge in [0.05, 0.1) is 0 Å². The van der Waals surface area contributed by atoms with Gasteiger partial charge in [-0.3, -0.25) is 9.48 Å². The van der Waals surface area contributed by atoms with Crippen LogP contribution in [0.2, 0.25) is 0 Å². The molecule has 1 aromatic heterocycles. The van der Waals surface area contributed by atoms with Crippen LogP contribution in [0.25, 0.3) is 0 Å². The van der Waals surface area contributed by atoms with Crippen LogP contribution in [0.1, 0.15) is 37.6 Å². The summed E-state index contributed by atoms with van der Waals surface area (Å²) in [6, 6.07) is 1.30. The summed E-state index contributed by atoms with van der Waals surface area (Å²) in [6.07, 6.45) is -0.694. The van der Waals surface area contributed by atoms with E-state index in [-0.39, 0.29) is 18.1 Å². The fourth-order valence-electron chi connectivity index (χ4n) is 1.40. The maximum absolute atomic E-state index is 12.4. The molecule has 4 nitrogen and oxygen atoms in total. The highest BCUT2D eigenvalue weighted by Crippen LogP contribution is 2.17. The first kappa shape index (κ1) is 13.6. The predicted molar refractivity (Wildman–Crippen MR) is 59.8 cm³/mol. The van der Waals surface area contributed by atoms with Crippen molar-refractivity contribution in [2.45, 2.75) is 39.7 Å². The van der Waals surface area contributed by atoms with Gasteiger partial charge >= 0.3 is 0 Å². The topological polar surface area (TPSA) is 46.9 Å². The molecule has 17 heavy (non-hydrogen) atoms. The van der Waals surface area contributed by atoms with E-state index in [0.717, 1.165) is 12.8 Å². The number of halogens is 2. The Morgan fingerprint density at radius 2 is 2.29 bits per heavy atom. The van der Waals surface area contributed by atoms with Crippen molar-refractivity contribution >= 4 is 5.91 Å². The summed E-state index contributed by atoms with van der Waals surface area (Å²) in [5.74, 6) is -0.203. The highest BCUT2D eigenvalue weighted by atomic mass is 19.3. The number of unbranched alkanes of at least 4 members (excludes halogenated alkanes) is 1. The Hall–Kier alpha value is -1.46. The summed E-state index contributed by atoms with van der Waals surface area (Å²) in [4.78, 5) is 11.5. The van der Waals surface area contributed by atoms with Crippen LogP contribution in [-0.4, -0.2) is 22.2 Å². The molecule has 1 amide bonds. The molecule has 0 aliphatic heterocycles. The third-order valence-corrected chi connectivity index (χ3v) is 2.37. The first-order chi connectivity index (χ1) is 8.04. The third kappa shape index (κ3) is 4.13. The van der Waals surface area contributed by atoms with Crippen LogP contribution < -0.4 is 5.32 Å². The first-order valence-corrected chi connectivity index (χ1v) is 5.63. The van der Waals surface area contributed by atoms with Crippen molar-refractivity contribution in [2.24, 2.45) is 0 Å². The summed E-state index contributed by atoms with van der Waals surface area (Å²) >= 11 is 0. The molecule has 0 aliphatic rings. The van der Waals surface area contributed by atoms with Crippen molar-refractivity contribution in [1.82, 2.24) is 15.1 Å². The normalized spacial score (nSPS) is 10.9. The van der Waals surface area contributed by atoms with Gasteiger partial charge in [0, 0.05) is 12.2 Å². The van der Waals surface area contributed by atoms with Gasteiger partial charge in [0.2, 0.25) is 5.91 Å². The minimum absolute atomic E-state index is 0.0116. The monoisotopic (exact) mass is 245 g/mol. The van der Waals surface area contributed by atoms with Crippen LogP contribution in [0.15, 0.2) is 6.07 Å². The zero-order valence-electron chi connectivity index (χ0n) is 10.0. The predicted octanol–water partition coefficient (Wildman–Crippen LogP) is 2.05. The zero-order valence-corrected chi connectivity index (χ0v) is 10.0. The molecular weight excluding hydrogens is 228 g/mol. The SMILES string of the molecule is CCCCNC(=O)Cn1nc(C(F)F)cc1C. The molecule has 0 atom stereocenters. The number of hydrogen-bond donors (Lipinski definition) is 1. The summed E-state index contributed by atoms with van der Waals surface area (Å²) in [6.45, 7) is 4.27. The smallest absolute Gasteiger partial charge is 0.282 e. The molecule has 6 heteroatoms. The molecular formula is C11H17F2N3O. The second kappa shape index (κ2) is 6.32. The maximum atomic E-state index is 12.4. The Bertz CT molecular complexity index is 377. The van der Waals surface area contributed by atoms with E-state index in [4.69, 9.17) is 0 Å². The molecule has 0 aromatic carbocycles. The number of aromatic nitrogens is 2. The first-order valence-electron chi connectivity index (χ1n) is 5.63. The molecule has 0 fully saturated rings. The number of hydrogen-bond acceptors (Lipinski definition) is 2. The number of carbonyl (C=O) groups excluding carboxylic acids is 1. The molecule has 0 unspecified atom stereocenters. The highest BCUT2D eigenvalue weighted by molar-refractivity contribution is 5.75. The average Bonchev–Trinajstić information content (AvgIpc) is 2.61. The lowest BCUT2D eigenvalue weighted by Gasteiger charge is -2.05. The second-order valence-corrected chi connectivity index (χ2v) is 3.87. The van der Waals surface area contributed by atoms with E-state index in [1.54, 1.807) is 6.92 Å². The molecule has 0 radical (unpaired) electrons. The number of amides is 1. The molecule has 0 bridgehead atoms. The minimum Gasteiger partial charge on any atom is -0.354 e. The Morgan fingerprint density at radius 3 is 2.82 bits per heavy atom. The summed E-state index contributed by atoms with van der Waals surface area (Å²) in [7, 11) is 0. The standard InChI is InChI=1S/C11H17F2N3O/c1-3-4-5-14-10(17)7-16-8(2)6-9(15-16)11(12)13/h6,11H,3-5,7H2,1-2H3,(H,14,17). The van der Waals surface area contributed by atoms with Gasteiger partial charge in [-0.1, -0.05) is 13.3 Å². The fraction of sp³-hybridized carbons (Fsp3) is 0.636. The number of carbonyl (C=O) groups is 1. The molecule has 1 aromatic rings. The fourth-order valence-corrected chi connectivity index (χ4v) is 1.40. The molecule has 0 saturated heterocycles. The minimum atomic E-state index is -2.60. The highest BCUT2D eigenvalue weighted by Gasteiger charge is 2.14. The van der Waals surface area contributed by atoms with E-state index in [2.05, 4.69) is 10.4 Å². The maximum Gasteiger partial charge on any atom is 0.282 e. The summed E-state index contributed by atoms with van der Waals surface area (Å²) < 4.78 is 26.0. The van der Waals surface area contributed by atoms with Crippen LogP contribution in [0, 0.1) is 6.92 Å². The molecule has 1 heterocycles. The number of aryl methyl sites for hydroxylation is 1. The van der Waals surface area contributed by atoms with Crippen LogP contribution in [0.4, 0.5) is 8.78 Å². The number of nitrogens with zero attached hydrogens (tertiary/aromatic N) is 2. The van der Waals surface area contributed by atoms with Crippen molar-refractivity contribution < 1.29 is 13.6 Å². The van der Waals surface area contributed by atoms with Crippen LogP contribution in [0.5, 0.6) is 0 Å². The quantitative estimate of drug-likeness (QED) is 0.780. The molecule has 0 aliphatic carbocycles. The van der Waals surface area contributed by atoms with E-state index < -0.39 is 6.43 Å². The van der Waals surface area contributed by atoms with Crippen LogP contribution in [0.3, 0.4) is 0 Å².